The Morgan fingerprint density at radius 2 is 1.93 bits per heavy atom. The van der Waals surface area contributed by atoms with E-state index >= 15 is 0 Å². The molecule has 2 aromatic heterocycles. The smallest absolute Gasteiger partial charge is 0.215 e. The van der Waals surface area contributed by atoms with Crippen LogP contribution >= 0.6 is 11.6 Å². The highest BCUT2D eigenvalue weighted by molar-refractivity contribution is 6.30. The van der Waals surface area contributed by atoms with Gasteiger partial charge in [-0.15, -0.1) is 0 Å². The van der Waals surface area contributed by atoms with Gasteiger partial charge >= 0.3 is 0 Å². The van der Waals surface area contributed by atoms with Crippen LogP contribution in [0.25, 0.3) is 22.7 Å². The highest BCUT2D eigenvalue weighted by Crippen LogP contribution is 2.36. The fraction of sp³-hybridized carbons (Fsp3) is 0.227. The molecule has 0 saturated heterocycles. The summed E-state index contributed by atoms with van der Waals surface area (Å²) in [7, 11) is 0. The van der Waals surface area contributed by atoms with Crippen molar-refractivity contribution in [1.29, 1.82) is 0 Å². The van der Waals surface area contributed by atoms with Crippen molar-refractivity contribution >= 4 is 28.9 Å². The maximum absolute atomic E-state index is 6.03. The van der Waals surface area contributed by atoms with Crippen molar-refractivity contribution in [2.24, 2.45) is 0 Å². The summed E-state index contributed by atoms with van der Waals surface area (Å²) >= 11 is 6.03. The normalized spacial score (nSPS) is 13.6. The third kappa shape index (κ3) is 3.45. The van der Waals surface area contributed by atoms with Gasteiger partial charge in [0.1, 0.15) is 0 Å². The van der Waals surface area contributed by atoms with Gasteiger partial charge in [0.05, 0.1) is 23.9 Å². The molecule has 4 nitrogen and oxygen atoms in total. The molecule has 0 atom stereocenters. The first kappa shape index (κ1) is 17.7. The highest BCUT2D eigenvalue weighted by atomic mass is 35.5. The maximum atomic E-state index is 6.03. The number of imidazole rings is 1. The van der Waals surface area contributed by atoms with Crippen LogP contribution in [-0.2, 0) is 0 Å². The van der Waals surface area contributed by atoms with Crippen LogP contribution in [0, 0.1) is 0 Å². The van der Waals surface area contributed by atoms with Crippen LogP contribution in [0.3, 0.4) is 0 Å². The molecule has 4 rings (SSSR count). The Labute approximate surface area is 164 Å². The Hall–Kier alpha value is -2.72. The molecule has 3 heterocycles. The van der Waals surface area contributed by atoms with Crippen LogP contribution in [-0.4, -0.2) is 16.1 Å². The van der Waals surface area contributed by atoms with Crippen molar-refractivity contribution in [1.82, 2.24) is 9.55 Å². The predicted octanol–water partition coefficient (Wildman–Crippen LogP) is 6.32. The molecule has 0 unspecified atom stereocenters. The lowest BCUT2D eigenvalue weighted by molar-refractivity contribution is 0.566. The summed E-state index contributed by atoms with van der Waals surface area (Å²) < 4.78 is 7.37. The minimum atomic E-state index is 0.720. The van der Waals surface area contributed by atoms with Crippen LogP contribution in [0.2, 0.25) is 5.02 Å². The first-order chi connectivity index (χ1) is 13.2. The molecule has 0 amide bonds. The van der Waals surface area contributed by atoms with E-state index in [0.29, 0.717) is 0 Å². The van der Waals surface area contributed by atoms with Crippen molar-refractivity contribution in [2.45, 2.75) is 26.2 Å². The van der Waals surface area contributed by atoms with Gasteiger partial charge < -0.3 is 9.32 Å². The average Bonchev–Trinajstić information content (AvgIpc) is 3.34. The number of furan rings is 1. The van der Waals surface area contributed by atoms with Gasteiger partial charge in [-0.1, -0.05) is 50.1 Å². The zero-order valence-electron chi connectivity index (χ0n) is 15.4. The number of hydrogen-bond acceptors (Lipinski definition) is 3. The van der Waals surface area contributed by atoms with Crippen LogP contribution < -0.4 is 4.90 Å². The number of nitrogens with zero attached hydrogens (tertiary/aromatic N) is 3. The molecular formula is C22H22ClN3O. The molecule has 1 aliphatic heterocycles. The number of hydrogen-bond donors (Lipinski definition) is 0. The molecule has 27 heavy (non-hydrogen) atoms. The van der Waals surface area contributed by atoms with E-state index in [9.17, 15) is 0 Å². The summed E-state index contributed by atoms with van der Waals surface area (Å²) in [5.41, 5.74) is 4.94. The number of rotatable bonds is 6. The number of allylic oxidation sites excluding steroid dienone is 2. The number of aromatic nitrogens is 2. The molecule has 0 fully saturated rings. The summed E-state index contributed by atoms with van der Waals surface area (Å²) in [4.78, 5) is 7.19. The molecule has 1 aliphatic rings. The summed E-state index contributed by atoms with van der Waals surface area (Å²) in [5, 5.41) is 0.720. The predicted molar refractivity (Wildman–Crippen MR) is 112 cm³/mol. The lowest BCUT2D eigenvalue weighted by atomic mass is 10.1. The lowest BCUT2D eigenvalue weighted by Gasteiger charge is -2.30. The number of fused-ring (bicyclic) bond motifs is 1. The third-order valence-electron chi connectivity index (χ3n) is 4.77. The Morgan fingerprint density at radius 1 is 1.11 bits per heavy atom. The van der Waals surface area contributed by atoms with E-state index in [1.165, 1.54) is 12.8 Å². The second kappa shape index (κ2) is 7.49. The van der Waals surface area contributed by atoms with E-state index < -0.39 is 0 Å². The number of halogens is 1. The molecule has 0 N–H and O–H groups in total. The highest BCUT2D eigenvalue weighted by Gasteiger charge is 2.26. The van der Waals surface area contributed by atoms with Gasteiger partial charge in [0.2, 0.25) is 5.95 Å². The van der Waals surface area contributed by atoms with Crippen molar-refractivity contribution in [3.05, 3.63) is 72.3 Å². The largest absolute Gasteiger partial charge is 0.472 e. The van der Waals surface area contributed by atoms with Crippen molar-refractivity contribution in [2.75, 3.05) is 11.4 Å². The van der Waals surface area contributed by atoms with Gasteiger partial charge in [-0.25, -0.2) is 4.98 Å². The van der Waals surface area contributed by atoms with Crippen LogP contribution in [0.1, 0.15) is 31.7 Å². The summed E-state index contributed by atoms with van der Waals surface area (Å²) in [6, 6.07) is 9.73. The molecular weight excluding hydrogens is 358 g/mol. The average molecular weight is 380 g/mol. The van der Waals surface area contributed by atoms with Gasteiger partial charge in [0, 0.05) is 34.6 Å². The summed E-state index contributed by atoms with van der Waals surface area (Å²) in [5.74, 6) is 0.889. The van der Waals surface area contributed by atoms with Crippen LogP contribution in [0.5, 0.6) is 0 Å². The second-order valence-corrected chi connectivity index (χ2v) is 7.13. The number of benzene rings is 1. The molecule has 1 aromatic carbocycles. The van der Waals surface area contributed by atoms with Gasteiger partial charge in [-0.3, -0.25) is 4.57 Å². The molecule has 0 radical (unpaired) electrons. The standard InChI is InChI=1S/C22H22ClN3O/c1-3-4-5-11-25-21(18-10-12-27-15-18)13-16(2)26-14-20(24-22(25)26)17-6-8-19(23)9-7-17/h6-10,12-15H,2-5,11H2,1H3. The maximum Gasteiger partial charge on any atom is 0.215 e. The van der Waals surface area contributed by atoms with E-state index in [0.717, 1.165) is 52.2 Å². The van der Waals surface area contributed by atoms with Crippen molar-refractivity contribution in [3.63, 3.8) is 0 Å². The summed E-state index contributed by atoms with van der Waals surface area (Å²) in [6.07, 6.45) is 11.1. The SMILES string of the molecule is C=C1C=C(c2ccoc2)N(CCCCC)c2nc(-c3ccc(Cl)cc3)cn21. The Kier molecular flexibility index (Phi) is 4.90. The summed E-state index contributed by atoms with van der Waals surface area (Å²) in [6.45, 7) is 7.35. The number of anilines is 1. The van der Waals surface area contributed by atoms with Gasteiger partial charge in [-0.2, -0.15) is 0 Å². The fourth-order valence-electron chi connectivity index (χ4n) is 3.33. The molecule has 0 saturated carbocycles. The topological polar surface area (TPSA) is 34.2 Å². The fourth-order valence-corrected chi connectivity index (χ4v) is 3.46. The Morgan fingerprint density at radius 3 is 2.63 bits per heavy atom. The Balaban J connectivity index is 1.75. The van der Waals surface area contributed by atoms with E-state index in [2.05, 4.69) is 29.0 Å². The first-order valence-corrected chi connectivity index (χ1v) is 9.61. The van der Waals surface area contributed by atoms with Gasteiger partial charge in [-0.05, 0) is 30.7 Å². The molecule has 138 valence electrons. The monoisotopic (exact) mass is 379 g/mol. The molecule has 0 aliphatic carbocycles. The molecule has 3 aromatic rings. The second-order valence-electron chi connectivity index (χ2n) is 6.69. The van der Waals surface area contributed by atoms with Crippen LogP contribution in [0.15, 0.2) is 66.1 Å². The van der Waals surface area contributed by atoms with Gasteiger partial charge in [0.25, 0.3) is 0 Å². The lowest BCUT2D eigenvalue weighted by Crippen LogP contribution is -2.28. The van der Waals surface area contributed by atoms with Crippen molar-refractivity contribution < 1.29 is 4.42 Å². The molecule has 0 bridgehead atoms. The molecule has 0 spiro atoms. The van der Waals surface area contributed by atoms with Crippen LogP contribution in [0.4, 0.5) is 5.95 Å². The zero-order chi connectivity index (χ0) is 18.8. The number of unbranched alkanes of at least 4 members (excludes halogenated alkanes) is 2. The molecule has 5 heteroatoms. The van der Waals surface area contributed by atoms with E-state index in [-0.39, 0.29) is 0 Å². The van der Waals surface area contributed by atoms with E-state index in [4.69, 9.17) is 21.0 Å². The first-order valence-electron chi connectivity index (χ1n) is 9.24. The van der Waals surface area contributed by atoms with E-state index in [1.54, 1.807) is 12.5 Å². The van der Waals surface area contributed by atoms with Crippen molar-refractivity contribution in [3.8, 4) is 11.3 Å². The Bertz CT molecular complexity index is 968. The minimum absolute atomic E-state index is 0.720. The minimum Gasteiger partial charge on any atom is -0.472 e. The third-order valence-corrected chi connectivity index (χ3v) is 5.03. The van der Waals surface area contributed by atoms with E-state index in [1.807, 2.05) is 36.5 Å². The van der Waals surface area contributed by atoms with Gasteiger partial charge in [0.15, 0.2) is 0 Å². The quantitative estimate of drug-likeness (QED) is 0.470. The zero-order valence-corrected chi connectivity index (χ0v) is 16.1.